The molecule has 0 spiro atoms. The van der Waals surface area contributed by atoms with Crippen LogP contribution in [0.25, 0.3) is 0 Å². The van der Waals surface area contributed by atoms with Crippen molar-refractivity contribution >= 4 is 15.4 Å². The summed E-state index contributed by atoms with van der Waals surface area (Å²) in [6, 6.07) is 1.52. The van der Waals surface area contributed by atoms with E-state index in [1.807, 2.05) is 0 Å². The molecule has 3 rings (SSSR count). The average Bonchev–Trinajstić information content (AvgIpc) is 2.58. The van der Waals surface area contributed by atoms with Crippen LogP contribution >= 0.6 is 0 Å². The van der Waals surface area contributed by atoms with Crippen molar-refractivity contribution in [2.45, 2.75) is 116 Å². The zero-order valence-corrected chi connectivity index (χ0v) is 19.1. The van der Waals surface area contributed by atoms with Crippen molar-refractivity contribution in [3.05, 3.63) is 0 Å². The number of hydrogen-bond donors (Lipinski definition) is 0. The average molecular weight is 367 g/mol. The van der Waals surface area contributed by atoms with Gasteiger partial charge in [0.2, 0.25) is 0 Å². The quantitative estimate of drug-likeness (QED) is 0.492. The van der Waals surface area contributed by atoms with Gasteiger partial charge < -0.3 is 4.43 Å². The van der Waals surface area contributed by atoms with Gasteiger partial charge >= 0.3 is 0 Å². The fourth-order valence-electron chi connectivity index (χ4n) is 6.11. The highest BCUT2D eigenvalue weighted by atomic mass is 29.3. The van der Waals surface area contributed by atoms with E-state index in [0.717, 1.165) is 11.8 Å². The molecule has 1 nitrogen and oxygen atoms in total. The first kappa shape index (κ1) is 19.2. The van der Waals surface area contributed by atoms with Gasteiger partial charge in [0.05, 0.1) is 13.7 Å². The summed E-state index contributed by atoms with van der Waals surface area (Å²) in [5.74, 6) is 1.87. The minimum atomic E-state index is -1.48. The highest BCUT2D eigenvalue weighted by molar-refractivity contribution is 7.38. The van der Waals surface area contributed by atoms with E-state index in [1.165, 1.54) is 76.7 Å². The van der Waals surface area contributed by atoms with Crippen LogP contribution in [0, 0.1) is 17.3 Å². The van der Waals surface area contributed by atoms with Crippen molar-refractivity contribution in [1.82, 2.24) is 0 Å². The highest BCUT2D eigenvalue weighted by Crippen LogP contribution is 2.54. The summed E-state index contributed by atoms with van der Waals surface area (Å²) in [6.07, 6.45) is 16.7. The first-order valence-corrected chi connectivity index (χ1v) is 18.1. The van der Waals surface area contributed by atoms with Crippen LogP contribution < -0.4 is 0 Å². The van der Waals surface area contributed by atoms with Crippen molar-refractivity contribution in [1.29, 1.82) is 0 Å². The van der Waals surface area contributed by atoms with Gasteiger partial charge in [0.25, 0.3) is 0 Å². The Hall–Kier alpha value is 0.394. The van der Waals surface area contributed by atoms with Crippen molar-refractivity contribution in [3.63, 3.8) is 0 Å². The third kappa shape index (κ3) is 3.46. The fourth-order valence-corrected chi connectivity index (χ4v) is 12.7. The predicted molar refractivity (Wildman–Crippen MR) is 111 cm³/mol. The van der Waals surface area contributed by atoms with E-state index >= 15 is 0 Å². The Labute approximate surface area is 153 Å². The maximum absolute atomic E-state index is 7.16. The maximum Gasteiger partial charge on any atom is 0.174 e. The molecule has 2 saturated carbocycles. The molecule has 0 aromatic rings. The van der Waals surface area contributed by atoms with Gasteiger partial charge in [-0.2, -0.15) is 0 Å². The van der Waals surface area contributed by atoms with Gasteiger partial charge in [0, 0.05) is 0 Å². The Morgan fingerprint density at radius 2 is 1.17 bits per heavy atom. The minimum absolute atomic E-state index is 0.468. The molecule has 1 atom stereocenters. The van der Waals surface area contributed by atoms with Crippen LogP contribution in [0.4, 0.5) is 0 Å². The van der Waals surface area contributed by atoms with Crippen molar-refractivity contribution in [2.75, 3.05) is 0 Å². The van der Waals surface area contributed by atoms with Gasteiger partial charge in [0.15, 0.2) is 7.83 Å². The summed E-state index contributed by atoms with van der Waals surface area (Å²) in [6.45, 7) is 13.0. The molecule has 0 bridgehead atoms. The minimum Gasteiger partial charge on any atom is -0.417 e. The van der Waals surface area contributed by atoms with Gasteiger partial charge in [-0.15, -0.1) is 0 Å². The van der Waals surface area contributed by atoms with E-state index in [0.29, 0.717) is 11.5 Å². The summed E-state index contributed by atoms with van der Waals surface area (Å²) < 4.78 is 7.16. The Morgan fingerprint density at radius 3 is 1.58 bits per heavy atom. The second-order valence-electron chi connectivity index (χ2n) is 10.6. The number of hydrogen-bond acceptors (Lipinski definition) is 1. The molecule has 2 aliphatic carbocycles. The molecule has 3 aliphatic rings. The van der Waals surface area contributed by atoms with Crippen LogP contribution in [0.15, 0.2) is 0 Å². The molecule has 0 amide bonds. The van der Waals surface area contributed by atoms with Gasteiger partial charge in [0.1, 0.15) is 0 Å². The third-order valence-electron chi connectivity index (χ3n) is 8.76. The van der Waals surface area contributed by atoms with Crippen molar-refractivity contribution < 1.29 is 4.43 Å². The molecular formula is C21H42OSi2. The van der Waals surface area contributed by atoms with Crippen LogP contribution in [0.5, 0.6) is 0 Å². The molecule has 0 N–H and O–H groups in total. The van der Waals surface area contributed by atoms with Crippen molar-refractivity contribution in [3.8, 4) is 0 Å². The molecule has 1 heterocycles. The highest BCUT2D eigenvalue weighted by Gasteiger charge is 2.55. The molecule has 1 saturated heterocycles. The van der Waals surface area contributed by atoms with Crippen LogP contribution in [0.1, 0.15) is 77.6 Å². The summed E-state index contributed by atoms with van der Waals surface area (Å²) in [7, 11) is -2.60. The normalized spacial score (nSPS) is 32.6. The SMILES string of the molecule is CC(C1CCCCC1)(C1CCCCC1)C1CC[Si](C)(C)[Si](C)(C)O1. The molecule has 0 aromatic heterocycles. The van der Waals surface area contributed by atoms with Gasteiger partial charge in [-0.25, -0.2) is 0 Å². The summed E-state index contributed by atoms with van der Waals surface area (Å²) in [5.41, 5.74) is 0.468. The molecule has 1 aliphatic heterocycles. The molecule has 24 heavy (non-hydrogen) atoms. The second kappa shape index (κ2) is 7.19. The molecule has 140 valence electrons. The Morgan fingerprint density at radius 1 is 0.708 bits per heavy atom. The predicted octanol–water partition coefficient (Wildman–Crippen LogP) is 6.93. The molecule has 0 aromatic carbocycles. The van der Waals surface area contributed by atoms with Gasteiger partial charge in [-0.1, -0.05) is 64.6 Å². The lowest BCUT2D eigenvalue weighted by atomic mass is 9.57. The lowest BCUT2D eigenvalue weighted by molar-refractivity contribution is -0.0670. The first-order valence-electron chi connectivity index (χ1n) is 11.0. The van der Waals surface area contributed by atoms with E-state index in [2.05, 4.69) is 33.1 Å². The largest absolute Gasteiger partial charge is 0.417 e. The van der Waals surface area contributed by atoms with E-state index < -0.39 is 15.4 Å². The number of rotatable bonds is 3. The van der Waals surface area contributed by atoms with Crippen LogP contribution in [0.3, 0.4) is 0 Å². The van der Waals surface area contributed by atoms with Crippen LogP contribution in [-0.2, 0) is 4.43 Å². The summed E-state index contributed by atoms with van der Waals surface area (Å²) in [5, 5.41) is 0. The Kier molecular flexibility index (Phi) is 5.74. The van der Waals surface area contributed by atoms with E-state index in [9.17, 15) is 0 Å². The molecule has 3 heteroatoms. The maximum atomic E-state index is 7.16. The Balaban J connectivity index is 1.86. The van der Waals surface area contributed by atoms with E-state index in [4.69, 9.17) is 4.43 Å². The molecule has 0 radical (unpaired) electrons. The lowest BCUT2D eigenvalue weighted by Crippen LogP contribution is -2.65. The second-order valence-corrected chi connectivity index (χ2v) is 25.8. The van der Waals surface area contributed by atoms with Crippen molar-refractivity contribution in [2.24, 2.45) is 17.3 Å². The van der Waals surface area contributed by atoms with Crippen LogP contribution in [-0.4, -0.2) is 21.5 Å². The van der Waals surface area contributed by atoms with Gasteiger partial charge in [-0.3, -0.25) is 0 Å². The summed E-state index contributed by atoms with van der Waals surface area (Å²) >= 11 is 0. The molecule has 3 fully saturated rings. The standard InChI is InChI=1S/C21H42OSi2/c1-21(18-12-8-6-9-13-18,19-14-10-7-11-15-19)20-16-17-23(2,3)24(4,5)22-20/h18-20H,6-17H2,1-5H3. The topological polar surface area (TPSA) is 9.23 Å². The zero-order chi connectivity index (χ0) is 17.4. The third-order valence-corrected chi connectivity index (χ3v) is 25.3. The monoisotopic (exact) mass is 366 g/mol. The zero-order valence-electron chi connectivity index (χ0n) is 17.1. The lowest BCUT2D eigenvalue weighted by Gasteiger charge is -2.57. The summed E-state index contributed by atoms with van der Waals surface area (Å²) in [4.78, 5) is 0. The molecular weight excluding hydrogens is 324 g/mol. The Bertz CT molecular complexity index is 402. The van der Waals surface area contributed by atoms with E-state index in [1.54, 1.807) is 0 Å². The van der Waals surface area contributed by atoms with E-state index in [-0.39, 0.29) is 0 Å². The fraction of sp³-hybridized carbons (Fsp3) is 1.00. The first-order chi connectivity index (χ1) is 11.3. The smallest absolute Gasteiger partial charge is 0.174 e. The molecule has 1 unspecified atom stereocenters. The van der Waals surface area contributed by atoms with Gasteiger partial charge in [-0.05, 0) is 62.4 Å². The van der Waals surface area contributed by atoms with Crippen LogP contribution in [0.2, 0.25) is 32.2 Å².